The Labute approximate surface area is 169 Å². The molecule has 1 aliphatic heterocycles. The summed E-state index contributed by atoms with van der Waals surface area (Å²) in [6.07, 6.45) is 3.87. The fraction of sp³-hybridized carbons (Fsp3) is 0.500. The van der Waals surface area contributed by atoms with Gasteiger partial charge in [0.05, 0.1) is 18.6 Å². The van der Waals surface area contributed by atoms with E-state index in [-0.39, 0.29) is 18.4 Å². The third kappa shape index (κ3) is 5.11. The lowest BCUT2D eigenvalue weighted by molar-refractivity contribution is -0.132. The van der Waals surface area contributed by atoms with Crippen molar-refractivity contribution in [3.63, 3.8) is 0 Å². The predicted molar refractivity (Wildman–Crippen MR) is 105 cm³/mol. The van der Waals surface area contributed by atoms with E-state index in [0.29, 0.717) is 24.7 Å². The Morgan fingerprint density at radius 3 is 2.71 bits per heavy atom. The molecule has 2 atom stereocenters. The van der Waals surface area contributed by atoms with Crippen molar-refractivity contribution < 1.29 is 19.5 Å². The lowest BCUT2D eigenvalue weighted by atomic mass is 9.88. The number of methoxy groups -OCH3 is 1. The molecule has 3 rings (SSSR count). The summed E-state index contributed by atoms with van der Waals surface area (Å²) >= 11 is 6.02. The van der Waals surface area contributed by atoms with Gasteiger partial charge in [-0.25, -0.2) is 5.48 Å². The van der Waals surface area contributed by atoms with Crippen LogP contribution in [0.2, 0.25) is 5.02 Å². The molecule has 0 bridgehead atoms. The van der Waals surface area contributed by atoms with Crippen LogP contribution in [0.3, 0.4) is 0 Å². The summed E-state index contributed by atoms with van der Waals surface area (Å²) < 4.78 is 13.2. The topological polar surface area (TPSA) is 85.6 Å². The third-order valence-electron chi connectivity index (χ3n) is 5.25. The number of hydrogen-bond donors (Lipinski definition) is 2. The van der Waals surface area contributed by atoms with Gasteiger partial charge >= 0.3 is 0 Å². The van der Waals surface area contributed by atoms with Gasteiger partial charge in [-0.05, 0) is 43.0 Å². The van der Waals surface area contributed by atoms with Gasteiger partial charge in [0.25, 0.3) is 0 Å². The van der Waals surface area contributed by atoms with E-state index < -0.39 is 12.0 Å². The zero-order chi connectivity index (χ0) is 19.9. The maximum Gasteiger partial charge on any atom is 0.245 e. The van der Waals surface area contributed by atoms with Crippen LogP contribution in [0.5, 0.6) is 0 Å². The van der Waals surface area contributed by atoms with E-state index in [1.807, 2.05) is 35.0 Å². The maximum atomic E-state index is 11.8. The van der Waals surface area contributed by atoms with Gasteiger partial charge < -0.3 is 9.47 Å². The molecule has 1 aliphatic rings. The number of nitrogens with zero attached hydrogens (tertiary/aromatic N) is 2. The predicted octanol–water partition coefficient (Wildman–Crippen LogP) is 3.12. The highest BCUT2D eigenvalue weighted by molar-refractivity contribution is 6.30. The minimum atomic E-state index is -0.481. The number of rotatable bonds is 8. The molecule has 1 amide bonds. The maximum absolute atomic E-state index is 11.8. The van der Waals surface area contributed by atoms with Crippen molar-refractivity contribution in [1.29, 1.82) is 0 Å². The number of hydrogen-bond acceptors (Lipinski definition) is 5. The van der Waals surface area contributed by atoms with E-state index in [0.717, 1.165) is 24.1 Å². The Bertz CT molecular complexity index is 759. The molecule has 2 N–H and O–H groups in total. The van der Waals surface area contributed by atoms with Crippen molar-refractivity contribution in [2.75, 3.05) is 20.3 Å². The average molecular weight is 408 g/mol. The molecule has 2 heterocycles. The molecular weight excluding hydrogens is 382 g/mol. The smallest absolute Gasteiger partial charge is 0.245 e. The van der Waals surface area contributed by atoms with Gasteiger partial charge in [0.2, 0.25) is 5.91 Å². The zero-order valence-corrected chi connectivity index (χ0v) is 16.6. The zero-order valence-electron chi connectivity index (χ0n) is 15.9. The molecule has 152 valence electrons. The highest BCUT2D eigenvalue weighted by atomic mass is 35.5. The third-order valence-corrected chi connectivity index (χ3v) is 5.50. The summed E-state index contributed by atoms with van der Waals surface area (Å²) in [5.41, 5.74) is 3.80. The number of hydroxylamine groups is 1. The van der Waals surface area contributed by atoms with Gasteiger partial charge in [-0.15, -0.1) is 0 Å². The summed E-state index contributed by atoms with van der Waals surface area (Å²) in [6, 6.07) is 9.90. The van der Waals surface area contributed by atoms with E-state index >= 15 is 0 Å². The highest BCUT2D eigenvalue weighted by Gasteiger charge is 2.30. The van der Waals surface area contributed by atoms with Crippen LogP contribution in [-0.2, 0) is 20.7 Å². The Morgan fingerprint density at radius 2 is 2.07 bits per heavy atom. The lowest BCUT2D eigenvalue weighted by Gasteiger charge is -2.30. The Hall–Kier alpha value is -1.93. The second-order valence-corrected chi connectivity index (χ2v) is 7.43. The quantitative estimate of drug-likeness (QED) is 0.518. The average Bonchev–Trinajstić information content (AvgIpc) is 3.22. The lowest BCUT2D eigenvalue weighted by Crippen LogP contribution is -2.33. The number of carbonyl (C=O) groups excluding carboxylic acids is 1. The first-order valence-corrected chi connectivity index (χ1v) is 9.81. The number of halogens is 1. The fourth-order valence-electron chi connectivity index (χ4n) is 3.77. The first-order chi connectivity index (χ1) is 13.6. The van der Waals surface area contributed by atoms with E-state index in [4.69, 9.17) is 26.3 Å². The van der Waals surface area contributed by atoms with Crippen LogP contribution < -0.4 is 5.48 Å². The van der Waals surface area contributed by atoms with E-state index in [1.165, 1.54) is 0 Å². The van der Waals surface area contributed by atoms with Crippen molar-refractivity contribution in [2.24, 2.45) is 0 Å². The van der Waals surface area contributed by atoms with Gasteiger partial charge in [-0.1, -0.05) is 23.7 Å². The molecule has 0 aliphatic carbocycles. The van der Waals surface area contributed by atoms with Crippen LogP contribution in [0.25, 0.3) is 0 Å². The fourth-order valence-corrected chi connectivity index (χ4v) is 3.90. The molecule has 1 saturated heterocycles. The summed E-state index contributed by atoms with van der Waals surface area (Å²) in [4.78, 5) is 11.8. The Morgan fingerprint density at radius 1 is 1.36 bits per heavy atom. The number of aromatic nitrogens is 2. The van der Waals surface area contributed by atoms with Crippen molar-refractivity contribution in [2.45, 2.75) is 43.7 Å². The number of carbonyl (C=O) groups is 1. The van der Waals surface area contributed by atoms with Gasteiger partial charge in [0.15, 0.2) is 0 Å². The molecule has 1 aromatic carbocycles. The molecule has 1 aromatic heterocycles. The van der Waals surface area contributed by atoms with Gasteiger partial charge in [-0.2, -0.15) is 5.10 Å². The summed E-state index contributed by atoms with van der Waals surface area (Å²) in [5.74, 6) is -0.598. The van der Waals surface area contributed by atoms with Crippen molar-refractivity contribution >= 4 is 17.5 Å². The van der Waals surface area contributed by atoms with Crippen LogP contribution in [0, 0.1) is 0 Å². The van der Waals surface area contributed by atoms with E-state index in [2.05, 4.69) is 5.10 Å². The molecule has 0 saturated carbocycles. The van der Waals surface area contributed by atoms with Crippen molar-refractivity contribution in [3.8, 4) is 0 Å². The minimum Gasteiger partial charge on any atom is -0.381 e. The van der Waals surface area contributed by atoms with Crippen LogP contribution >= 0.6 is 11.6 Å². The van der Waals surface area contributed by atoms with E-state index in [1.54, 1.807) is 18.8 Å². The first-order valence-electron chi connectivity index (χ1n) is 9.43. The largest absolute Gasteiger partial charge is 0.381 e. The SMILES string of the molecule is COC(CC(=O)NO)C(Cc1ccc(Cl)cc1)c1ccnn1C1CCOCC1. The molecule has 7 nitrogen and oxygen atoms in total. The molecule has 2 unspecified atom stereocenters. The number of benzene rings is 1. The van der Waals surface area contributed by atoms with Crippen LogP contribution in [0.1, 0.15) is 42.5 Å². The summed E-state index contributed by atoms with van der Waals surface area (Å²) in [6.45, 7) is 1.43. The van der Waals surface area contributed by atoms with Crippen LogP contribution in [0.4, 0.5) is 0 Å². The molecular formula is C20H26ClN3O4. The molecule has 0 radical (unpaired) electrons. The minimum absolute atomic E-state index is 0.0458. The monoisotopic (exact) mass is 407 g/mol. The Kier molecular flexibility index (Phi) is 7.44. The first kappa shape index (κ1) is 20.8. The number of nitrogens with one attached hydrogen (secondary N) is 1. The van der Waals surface area contributed by atoms with Crippen molar-refractivity contribution in [1.82, 2.24) is 15.3 Å². The number of ether oxygens (including phenoxy) is 2. The van der Waals surface area contributed by atoms with Crippen LogP contribution in [-0.4, -0.2) is 47.3 Å². The van der Waals surface area contributed by atoms with Gasteiger partial charge in [-0.3, -0.25) is 14.7 Å². The highest BCUT2D eigenvalue weighted by Crippen LogP contribution is 2.32. The standard InChI is InChI=1S/C20H26ClN3O4/c1-27-19(13-20(25)23-26)17(12-14-2-4-15(21)5-3-14)18-6-9-22-24(18)16-7-10-28-11-8-16/h2-6,9,16-17,19,26H,7-8,10-13H2,1H3,(H,23,25). The molecule has 1 fully saturated rings. The Balaban J connectivity index is 1.92. The number of amides is 1. The summed E-state index contributed by atoms with van der Waals surface area (Å²) in [7, 11) is 1.58. The van der Waals surface area contributed by atoms with Crippen LogP contribution in [0.15, 0.2) is 36.5 Å². The molecule has 2 aromatic rings. The van der Waals surface area contributed by atoms with Crippen molar-refractivity contribution in [3.05, 3.63) is 52.8 Å². The molecule has 8 heteroatoms. The van der Waals surface area contributed by atoms with Gasteiger partial charge in [0, 0.05) is 43.2 Å². The molecule has 0 spiro atoms. The second-order valence-electron chi connectivity index (χ2n) is 6.99. The van der Waals surface area contributed by atoms with E-state index in [9.17, 15) is 4.79 Å². The normalized spacial score (nSPS) is 17.2. The second kappa shape index (κ2) is 10.0. The molecule has 28 heavy (non-hydrogen) atoms. The van der Waals surface area contributed by atoms with Gasteiger partial charge in [0.1, 0.15) is 0 Å². The summed E-state index contributed by atoms with van der Waals surface area (Å²) in [5, 5.41) is 14.2.